The van der Waals surface area contributed by atoms with Crippen molar-refractivity contribution in [1.29, 1.82) is 0 Å². The molecule has 5 nitrogen and oxygen atoms in total. The Kier molecular flexibility index (Phi) is 4.30. The van der Waals surface area contributed by atoms with Crippen molar-refractivity contribution >= 4 is 39.3 Å². The Balaban J connectivity index is 1.76. The molecule has 0 radical (unpaired) electrons. The fraction of sp³-hybridized carbons (Fsp3) is 0.500. The third kappa shape index (κ3) is 2.98. The van der Waals surface area contributed by atoms with Gasteiger partial charge in [-0.15, -0.1) is 11.3 Å². The summed E-state index contributed by atoms with van der Waals surface area (Å²) in [7, 11) is 0. The van der Waals surface area contributed by atoms with E-state index in [0.29, 0.717) is 23.9 Å². The number of thioether (sulfide) groups is 1. The van der Waals surface area contributed by atoms with Crippen LogP contribution in [0.5, 0.6) is 0 Å². The Morgan fingerprint density at radius 3 is 3.14 bits per heavy atom. The number of hydrogen-bond donors (Lipinski definition) is 1. The minimum Gasteiger partial charge on any atom is -0.466 e. The Morgan fingerprint density at radius 2 is 2.33 bits per heavy atom. The van der Waals surface area contributed by atoms with Gasteiger partial charge in [0.25, 0.3) is 5.56 Å². The molecule has 0 unspecified atom stereocenters. The van der Waals surface area contributed by atoms with Crippen molar-refractivity contribution in [3.05, 3.63) is 20.8 Å². The lowest BCUT2D eigenvalue weighted by atomic mass is 10.2. The number of ether oxygens (including phenoxy) is 1. The van der Waals surface area contributed by atoms with Crippen LogP contribution >= 0.6 is 23.1 Å². The lowest BCUT2D eigenvalue weighted by Gasteiger charge is -2.02. The molecule has 21 heavy (non-hydrogen) atoms. The standard InChI is InChI=1S/C14H16N2O3S2/c1-2-19-10(17)6-7-20-14-15-12(18)11-8-4-3-5-9(8)21-13(11)16-14/h2-7H2,1H3,(H,15,16,18). The highest BCUT2D eigenvalue weighted by Gasteiger charge is 2.21. The molecule has 7 heteroatoms. The van der Waals surface area contributed by atoms with Gasteiger partial charge in [0.2, 0.25) is 0 Å². The van der Waals surface area contributed by atoms with Crippen molar-refractivity contribution < 1.29 is 9.53 Å². The number of rotatable bonds is 5. The highest BCUT2D eigenvalue weighted by Crippen LogP contribution is 2.35. The molecule has 0 saturated heterocycles. The molecular weight excluding hydrogens is 308 g/mol. The van der Waals surface area contributed by atoms with Crippen LogP contribution in [0.4, 0.5) is 0 Å². The Labute approximate surface area is 130 Å². The van der Waals surface area contributed by atoms with Gasteiger partial charge >= 0.3 is 5.97 Å². The molecule has 2 aromatic rings. The first-order chi connectivity index (χ1) is 10.2. The number of hydrogen-bond acceptors (Lipinski definition) is 6. The van der Waals surface area contributed by atoms with Crippen molar-refractivity contribution in [3.63, 3.8) is 0 Å². The SMILES string of the molecule is CCOC(=O)CCSc1nc2sc3c(c2c(=O)[nH]1)CCC3. The number of aryl methyl sites for hydroxylation is 2. The van der Waals surface area contributed by atoms with Crippen LogP contribution in [0.25, 0.3) is 10.2 Å². The van der Waals surface area contributed by atoms with E-state index in [-0.39, 0.29) is 11.5 Å². The number of aromatic nitrogens is 2. The van der Waals surface area contributed by atoms with Crippen LogP contribution in [0.15, 0.2) is 9.95 Å². The first-order valence-electron chi connectivity index (χ1n) is 7.02. The molecule has 0 fully saturated rings. The molecule has 0 amide bonds. The van der Waals surface area contributed by atoms with Crippen LogP contribution in [-0.4, -0.2) is 28.3 Å². The first kappa shape index (κ1) is 14.6. The smallest absolute Gasteiger partial charge is 0.306 e. The molecule has 1 aliphatic rings. The van der Waals surface area contributed by atoms with E-state index in [1.165, 1.54) is 22.2 Å². The van der Waals surface area contributed by atoms with Gasteiger partial charge in [-0.1, -0.05) is 11.8 Å². The van der Waals surface area contributed by atoms with Crippen molar-refractivity contribution in [2.24, 2.45) is 0 Å². The van der Waals surface area contributed by atoms with Gasteiger partial charge in [-0.3, -0.25) is 9.59 Å². The number of H-pyrrole nitrogens is 1. The van der Waals surface area contributed by atoms with E-state index in [2.05, 4.69) is 9.97 Å². The van der Waals surface area contributed by atoms with E-state index >= 15 is 0 Å². The molecule has 0 bridgehead atoms. The average molecular weight is 324 g/mol. The second-order valence-corrected chi connectivity index (χ2v) is 6.98. The topological polar surface area (TPSA) is 72.0 Å². The van der Waals surface area contributed by atoms with Gasteiger partial charge in [0.1, 0.15) is 4.83 Å². The molecule has 1 aliphatic carbocycles. The monoisotopic (exact) mass is 324 g/mol. The molecule has 0 aromatic carbocycles. The third-order valence-electron chi connectivity index (χ3n) is 3.40. The number of carbonyl (C=O) groups is 1. The fourth-order valence-electron chi connectivity index (χ4n) is 2.52. The van der Waals surface area contributed by atoms with Gasteiger partial charge < -0.3 is 9.72 Å². The summed E-state index contributed by atoms with van der Waals surface area (Å²) < 4.78 is 4.87. The van der Waals surface area contributed by atoms with Crippen molar-refractivity contribution in [2.75, 3.05) is 12.4 Å². The summed E-state index contributed by atoms with van der Waals surface area (Å²) in [6, 6.07) is 0. The average Bonchev–Trinajstić information content (AvgIpc) is 2.98. The van der Waals surface area contributed by atoms with Crippen LogP contribution in [0.3, 0.4) is 0 Å². The largest absolute Gasteiger partial charge is 0.466 e. The highest BCUT2D eigenvalue weighted by molar-refractivity contribution is 7.99. The maximum absolute atomic E-state index is 12.2. The lowest BCUT2D eigenvalue weighted by Crippen LogP contribution is -2.10. The molecule has 2 aromatic heterocycles. The summed E-state index contributed by atoms with van der Waals surface area (Å²) >= 11 is 3.01. The van der Waals surface area contributed by atoms with Gasteiger partial charge in [0.15, 0.2) is 5.16 Å². The minimum atomic E-state index is -0.219. The Bertz CT molecular complexity index is 736. The molecule has 0 spiro atoms. The van der Waals surface area contributed by atoms with E-state index in [4.69, 9.17) is 4.74 Å². The summed E-state index contributed by atoms with van der Waals surface area (Å²) in [4.78, 5) is 33.0. The molecule has 0 atom stereocenters. The zero-order valence-corrected chi connectivity index (χ0v) is 13.4. The number of nitrogens with one attached hydrogen (secondary N) is 1. The van der Waals surface area contributed by atoms with Crippen molar-refractivity contribution in [1.82, 2.24) is 9.97 Å². The third-order valence-corrected chi connectivity index (χ3v) is 5.46. The number of carbonyl (C=O) groups excluding carboxylic acids is 1. The van der Waals surface area contributed by atoms with Crippen LogP contribution in [-0.2, 0) is 22.4 Å². The zero-order chi connectivity index (χ0) is 14.8. The van der Waals surface area contributed by atoms with Crippen LogP contribution in [0.1, 0.15) is 30.2 Å². The summed E-state index contributed by atoms with van der Waals surface area (Å²) in [5.74, 6) is 0.335. The molecule has 3 rings (SSSR count). The maximum atomic E-state index is 12.2. The van der Waals surface area contributed by atoms with Gasteiger partial charge in [-0.2, -0.15) is 0 Å². The summed E-state index contributed by atoms with van der Waals surface area (Å²) in [6.07, 6.45) is 3.49. The van der Waals surface area contributed by atoms with Gasteiger partial charge in [-0.05, 0) is 31.7 Å². The normalized spacial score (nSPS) is 13.6. The molecular formula is C14H16N2O3S2. The predicted molar refractivity (Wildman–Crippen MR) is 84.2 cm³/mol. The lowest BCUT2D eigenvalue weighted by molar-refractivity contribution is -0.142. The van der Waals surface area contributed by atoms with Gasteiger partial charge in [0.05, 0.1) is 18.4 Å². The second kappa shape index (κ2) is 6.19. The Morgan fingerprint density at radius 1 is 1.48 bits per heavy atom. The molecule has 1 N–H and O–H groups in total. The van der Waals surface area contributed by atoms with Crippen molar-refractivity contribution in [2.45, 2.75) is 37.8 Å². The molecule has 0 saturated carbocycles. The summed E-state index contributed by atoms with van der Waals surface area (Å²) in [5.41, 5.74) is 1.13. The zero-order valence-electron chi connectivity index (χ0n) is 11.7. The molecule has 112 valence electrons. The number of fused-ring (bicyclic) bond motifs is 3. The first-order valence-corrected chi connectivity index (χ1v) is 8.82. The van der Waals surface area contributed by atoms with Crippen LogP contribution in [0, 0.1) is 0 Å². The van der Waals surface area contributed by atoms with E-state index < -0.39 is 0 Å². The molecule has 2 heterocycles. The highest BCUT2D eigenvalue weighted by atomic mass is 32.2. The van der Waals surface area contributed by atoms with E-state index in [0.717, 1.165) is 29.5 Å². The van der Waals surface area contributed by atoms with Gasteiger partial charge in [-0.25, -0.2) is 4.98 Å². The van der Waals surface area contributed by atoms with E-state index in [1.54, 1.807) is 18.3 Å². The van der Waals surface area contributed by atoms with Crippen LogP contribution in [0.2, 0.25) is 0 Å². The summed E-state index contributed by atoms with van der Waals surface area (Å²) in [6.45, 7) is 2.18. The van der Waals surface area contributed by atoms with E-state index in [1.807, 2.05) is 0 Å². The second-order valence-electron chi connectivity index (χ2n) is 4.81. The predicted octanol–water partition coefficient (Wildman–Crippen LogP) is 2.52. The number of thiophene rings is 1. The Hall–Kier alpha value is -1.34. The van der Waals surface area contributed by atoms with Gasteiger partial charge in [0, 0.05) is 10.6 Å². The molecule has 0 aliphatic heterocycles. The number of aromatic amines is 1. The number of nitrogens with zero attached hydrogens (tertiary/aromatic N) is 1. The maximum Gasteiger partial charge on any atom is 0.306 e. The minimum absolute atomic E-state index is 0.0574. The van der Waals surface area contributed by atoms with Crippen molar-refractivity contribution in [3.8, 4) is 0 Å². The van der Waals surface area contributed by atoms with E-state index in [9.17, 15) is 9.59 Å². The summed E-state index contributed by atoms with van der Waals surface area (Å²) in [5, 5.41) is 1.35. The quantitative estimate of drug-likeness (QED) is 0.520. The van der Waals surface area contributed by atoms with Crippen LogP contribution < -0.4 is 5.56 Å². The number of esters is 1. The fourth-order valence-corrected chi connectivity index (χ4v) is 4.62.